The summed E-state index contributed by atoms with van der Waals surface area (Å²) in [4.78, 5) is 34.4. The molecule has 184 valence electrons. The molecule has 1 aromatic heterocycles. The number of hydrogen-bond acceptors (Lipinski definition) is 5. The fraction of sp³-hybridized carbons (Fsp3) is 0.407. The fourth-order valence-corrected chi connectivity index (χ4v) is 5.46. The maximum atomic E-state index is 13.8. The Morgan fingerprint density at radius 1 is 1.11 bits per heavy atom. The van der Waals surface area contributed by atoms with E-state index in [1.54, 1.807) is 19.1 Å². The van der Waals surface area contributed by atoms with Gasteiger partial charge >= 0.3 is 6.03 Å². The van der Waals surface area contributed by atoms with Gasteiger partial charge in [0.2, 0.25) is 0 Å². The van der Waals surface area contributed by atoms with E-state index in [1.165, 1.54) is 4.90 Å². The third kappa shape index (κ3) is 3.86. The summed E-state index contributed by atoms with van der Waals surface area (Å²) in [6, 6.07) is 15.3. The summed E-state index contributed by atoms with van der Waals surface area (Å²) in [7, 11) is 3.31. The van der Waals surface area contributed by atoms with Gasteiger partial charge in [0.15, 0.2) is 0 Å². The first-order valence-electron chi connectivity index (χ1n) is 12.1. The number of nitrogens with one attached hydrogen (secondary N) is 2. The molecule has 2 aliphatic heterocycles. The van der Waals surface area contributed by atoms with Crippen molar-refractivity contribution in [3.63, 3.8) is 0 Å². The molecule has 3 amide bonds. The number of urea groups is 1. The van der Waals surface area contributed by atoms with Crippen LogP contribution in [0.4, 0.5) is 4.79 Å². The number of ether oxygens (including phenoxy) is 2. The molecule has 0 radical (unpaired) electrons. The van der Waals surface area contributed by atoms with Crippen molar-refractivity contribution in [3.8, 4) is 5.75 Å². The summed E-state index contributed by atoms with van der Waals surface area (Å²) in [5, 5.41) is 4.31. The number of amides is 3. The summed E-state index contributed by atoms with van der Waals surface area (Å²) in [5.41, 5.74) is 3.01. The Morgan fingerprint density at radius 2 is 1.91 bits per heavy atom. The molecule has 0 spiro atoms. The van der Waals surface area contributed by atoms with E-state index in [9.17, 15) is 9.59 Å². The van der Waals surface area contributed by atoms with E-state index in [0.717, 1.165) is 40.0 Å². The quantitative estimate of drug-likeness (QED) is 0.365. The predicted molar refractivity (Wildman–Crippen MR) is 134 cm³/mol. The summed E-state index contributed by atoms with van der Waals surface area (Å²) in [5.74, 6) is 0.628. The molecule has 2 aliphatic rings. The monoisotopic (exact) mass is 476 g/mol. The molecule has 0 saturated carbocycles. The van der Waals surface area contributed by atoms with Crippen molar-refractivity contribution in [2.75, 3.05) is 40.5 Å². The Labute approximate surface area is 205 Å². The van der Waals surface area contributed by atoms with Gasteiger partial charge in [-0.05, 0) is 49.2 Å². The summed E-state index contributed by atoms with van der Waals surface area (Å²) in [6.45, 7) is 4.37. The smallest absolute Gasteiger partial charge is 0.328 e. The number of imide groups is 1. The standard InChI is InChI=1S/C27H32N4O4/c1-27-17-21-20-16-19(35-3)10-11-22(20)29-23(21)24(18-8-5-4-6-9-18)31(27)26(33)30(25(27)32)14-7-12-28-13-15-34-2/h4-6,8-11,16,24,28-29H,7,12-15,17H2,1-3H3/t24-,27+/m1/s1. The Kier molecular flexibility index (Phi) is 6.25. The zero-order chi connectivity index (χ0) is 24.6. The van der Waals surface area contributed by atoms with Crippen LogP contribution in [-0.2, 0) is 16.0 Å². The molecular formula is C27H32N4O4. The van der Waals surface area contributed by atoms with Crippen LogP contribution in [0.5, 0.6) is 5.75 Å². The van der Waals surface area contributed by atoms with Gasteiger partial charge in [0.05, 0.1) is 13.7 Å². The first-order chi connectivity index (χ1) is 17.0. The maximum Gasteiger partial charge on any atom is 0.328 e. The van der Waals surface area contributed by atoms with Crippen LogP contribution in [-0.4, -0.2) is 72.7 Å². The highest BCUT2D eigenvalue weighted by molar-refractivity contribution is 6.08. The molecule has 2 N–H and O–H groups in total. The van der Waals surface area contributed by atoms with E-state index < -0.39 is 5.54 Å². The summed E-state index contributed by atoms with van der Waals surface area (Å²) < 4.78 is 10.5. The number of benzene rings is 2. The lowest BCUT2D eigenvalue weighted by Gasteiger charge is -2.42. The Bertz CT molecular complexity index is 1240. The van der Waals surface area contributed by atoms with E-state index in [4.69, 9.17) is 9.47 Å². The molecule has 5 rings (SSSR count). The number of fused-ring (bicyclic) bond motifs is 4. The Balaban J connectivity index is 1.53. The number of carbonyl (C=O) groups is 2. The number of methoxy groups -OCH3 is 2. The zero-order valence-corrected chi connectivity index (χ0v) is 20.5. The lowest BCUT2D eigenvalue weighted by Crippen LogP contribution is -2.53. The van der Waals surface area contributed by atoms with E-state index in [1.807, 2.05) is 55.5 Å². The molecule has 0 bridgehead atoms. The van der Waals surface area contributed by atoms with Crippen molar-refractivity contribution in [1.82, 2.24) is 20.1 Å². The molecule has 0 aliphatic carbocycles. The Morgan fingerprint density at radius 3 is 2.66 bits per heavy atom. The molecule has 1 fully saturated rings. The number of rotatable bonds is 9. The van der Waals surface area contributed by atoms with Crippen LogP contribution < -0.4 is 10.1 Å². The third-order valence-electron chi connectivity index (χ3n) is 7.21. The molecule has 1 saturated heterocycles. The number of nitrogens with zero attached hydrogens (tertiary/aromatic N) is 2. The average molecular weight is 477 g/mol. The van der Waals surface area contributed by atoms with E-state index in [-0.39, 0.29) is 18.0 Å². The maximum absolute atomic E-state index is 13.8. The molecule has 8 nitrogen and oxygen atoms in total. The van der Waals surface area contributed by atoms with Crippen LogP contribution in [0.3, 0.4) is 0 Å². The second-order valence-corrected chi connectivity index (χ2v) is 9.40. The molecule has 35 heavy (non-hydrogen) atoms. The second kappa shape index (κ2) is 9.36. The molecule has 8 heteroatoms. The minimum absolute atomic E-state index is 0.136. The summed E-state index contributed by atoms with van der Waals surface area (Å²) in [6.07, 6.45) is 1.14. The van der Waals surface area contributed by atoms with Gasteiger partial charge in [0.1, 0.15) is 17.3 Å². The lowest BCUT2D eigenvalue weighted by atomic mass is 9.81. The average Bonchev–Trinajstić information content (AvgIpc) is 3.32. The normalized spacial score (nSPS) is 21.5. The molecule has 2 aromatic carbocycles. The zero-order valence-electron chi connectivity index (χ0n) is 20.5. The first kappa shape index (κ1) is 23.4. The van der Waals surface area contributed by atoms with Crippen LogP contribution in [0.1, 0.15) is 36.2 Å². The first-order valence-corrected chi connectivity index (χ1v) is 12.1. The number of aromatic amines is 1. The largest absolute Gasteiger partial charge is 0.497 e. The SMILES string of the molecule is COCCNCCCN1C(=O)N2[C@H](c3ccccc3)c3[nH]c4ccc(OC)cc4c3C[C@@]2(C)C1=O. The van der Waals surface area contributed by atoms with Gasteiger partial charge < -0.3 is 19.8 Å². The van der Waals surface area contributed by atoms with Crippen LogP contribution in [0.25, 0.3) is 10.9 Å². The van der Waals surface area contributed by atoms with Crippen LogP contribution in [0.2, 0.25) is 0 Å². The minimum atomic E-state index is -0.966. The van der Waals surface area contributed by atoms with Gasteiger partial charge in [-0.25, -0.2) is 4.79 Å². The van der Waals surface area contributed by atoms with Gasteiger partial charge in [-0.15, -0.1) is 0 Å². The van der Waals surface area contributed by atoms with Gasteiger partial charge in [-0.1, -0.05) is 30.3 Å². The van der Waals surface area contributed by atoms with E-state index in [0.29, 0.717) is 32.5 Å². The van der Waals surface area contributed by atoms with Crippen molar-refractivity contribution in [2.45, 2.75) is 31.3 Å². The molecule has 3 aromatic rings. The molecular weight excluding hydrogens is 444 g/mol. The van der Waals surface area contributed by atoms with Gasteiger partial charge in [0, 0.05) is 43.2 Å². The van der Waals surface area contributed by atoms with Crippen LogP contribution in [0, 0.1) is 0 Å². The van der Waals surface area contributed by atoms with Crippen molar-refractivity contribution in [3.05, 3.63) is 65.4 Å². The topological polar surface area (TPSA) is 86.9 Å². The van der Waals surface area contributed by atoms with Crippen molar-refractivity contribution < 1.29 is 19.1 Å². The van der Waals surface area contributed by atoms with Crippen LogP contribution >= 0.6 is 0 Å². The highest BCUT2D eigenvalue weighted by Crippen LogP contribution is 2.48. The summed E-state index contributed by atoms with van der Waals surface area (Å²) >= 11 is 0. The molecule has 2 atom stereocenters. The number of hydrogen-bond donors (Lipinski definition) is 2. The number of carbonyl (C=O) groups excluding carboxylic acids is 2. The minimum Gasteiger partial charge on any atom is -0.497 e. The van der Waals surface area contributed by atoms with Gasteiger partial charge in [0.25, 0.3) is 5.91 Å². The second-order valence-electron chi connectivity index (χ2n) is 9.40. The molecule has 3 heterocycles. The Hall–Kier alpha value is -3.36. The highest BCUT2D eigenvalue weighted by Gasteiger charge is 2.59. The molecule has 0 unspecified atom stereocenters. The van der Waals surface area contributed by atoms with E-state index in [2.05, 4.69) is 10.3 Å². The van der Waals surface area contributed by atoms with Crippen molar-refractivity contribution >= 4 is 22.8 Å². The van der Waals surface area contributed by atoms with E-state index >= 15 is 0 Å². The van der Waals surface area contributed by atoms with Gasteiger partial charge in [-0.2, -0.15) is 0 Å². The van der Waals surface area contributed by atoms with Crippen molar-refractivity contribution in [2.24, 2.45) is 0 Å². The lowest BCUT2D eigenvalue weighted by molar-refractivity contribution is -0.133. The number of H-pyrrole nitrogens is 1. The van der Waals surface area contributed by atoms with Gasteiger partial charge in [-0.3, -0.25) is 14.6 Å². The number of aromatic nitrogens is 1. The van der Waals surface area contributed by atoms with Crippen LogP contribution in [0.15, 0.2) is 48.5 Å². The van der Waals surface area contributed by atoms with Crippen molar-refractivity contribution in [1.29, 1.82) is 0 Å². The third-order valence-corrected chi connectivity index (χ3v) is 7.21. The highest BCUT2D eigenvalue weighted by atomic mass is 16.5. The predicted octanol–water partition coefficient (Wildman–Crippen LogP) is 3.47. The fourth-order valence-electron chi connectivity index (χ4n) is 5.46.